The lowest BCUT2D eigenvalue weighted by Crippen LogP contribution is -2.66. The number of esters is 1. The second-order valence-corrected chi connectivity index (χ2v) is 19.8. The summed E-state index contributed by atoms with van der Waals surface area (Å²) in [6, 6.07) is 0. The van der Waals surface area contributed by atoms with Crippen molar-refractivity contribution in [1.82, 2.24) is 0 Å². The number of methoxy groups -OCH3 is 3. The molecule has 0 aromatic rings. The fourth-order valence-corrected chi connectivity index (χ4v) is 12.8. The molecule has 0 amide bonds. The SMILES string of the molecule is CC=C(C)C(=O)O[C@@H]1CC2C(CC=C3C[C@@H](O[C@H]4C[C@@H](OC)[C@H](O[C@H]5C[C@@H](OC)[C@H](O[C@@H]6OC(C)[C@@H](O)[C@H](OC)C6O)C(C)O5)C(C)O4)CC[C@@]32C)[C@@]2(O)CC[C@H](C(C)=O)[C@@]12C. The smallest absolute Gasteiger partial charge is 0.333 e. The molecule has 3 aliphatic heterocycles. The summed E-state index contributed by atoms with van der Waals surface area (Å²) in [7, 11) is 4.68. The van der Waals surface area contributed by atoms with Crippen LogP contribution in [0.2, 0.25) is 0 Å². The van der Waals surface area contributed by atoms with E-state index < -0.39 is 96.9 Å². The van der Waals surface area contributed by atoms with Gasteiger partial charge in [0, 0.05) is 51.1 Å². The molecule has 3 saturated carbocycles. The van der Waals surface area contributed by atoms with E-state index in [4.69, 9.17) is 47.4 Å². The van der Waals surface area contributed by atoms with Crippen LogP contribution >= 0.6 is 0 Å². The molecule has 62 heavy (non-hydrogen) atoms. The maximum absolute atomic E-state index is 13.3. The number of ketones is 1. The van der Waals surface area contributed by atoms with Crippen LogP contribution in [-0.2, 0) is 57.0 Å². The Balaban J connectivity index is 0.980. The second kappa shape index (κ2) is 18.8. The Labute approximate surface area is 367 Å². The number of allylic oxidation sites excluding steroid dienone is 2. The van der Waals surface area contributed by atoms with E-state index in [0.717, 1.165) is 19.3 Å². The van der Waals surface area contributed by atoms with Crippen molar-refractivity contribution in [2.45, 2.75) is 211 Å². The predicted octanol–water partition coefficient (Wildman–Crippen LogP) is 4.69. The van der Waals surface area contributed by atoms with Gasteiger partial charge in [-0.3, -0.25) is 4.79 Å². The van der Waals surface area contributed by atoms with Crippen LogP contribution in [-0.4, -0.2) is 146 Å². The summed E-state index contributed by atoms with van der Waals surface area (Å²) in [5.74, 6) is -0.727. The highest BCUT2D eigenvalue weighted by Gasteiger charge is 2.71. The van der Waals surface area contributed by atoms with Gasteiger partial charge < -0.3 is 62.7 Å². The molecule has 0 radical (unpaired) electrons. The molecule has 6 fully saturated rings. The topological polar surface area (TPSA) is 187 Å². The van der Waals surface area contributed by atoms with E-state index in [0.29, 0.717) is 44.1 Å². The van der Waals surface area contributed by atoms with Gasteiger partial charge >= 0.3 is 5.97 Å². The highest BCUT2D eigenvalue weighted by Crippen LogP contribution is 2.68. The van der Waals surface area contributed by atoms with E-state index in [1.807, 2.05) is 27.7 Å². The second-order valence-electron chi connectivity index (χ2n) is 19.8. The highest BCUT2D eigenvalue weighted by molar-refractivity contribution is 5.88. The lowest BCUT2D eigenvalue weighted by molar-refractivity contribution is -0.352. The van der Waals surface area contributed by atoms with Crippen molar-refractivity contribution in [2.24, 2.45) is 28.6 Å². The number of hydrogen-bond acceptors (Lipinski definition) is 15. The van der Waals surface area contributed by atoms with Crippen LogP contribution in [0.25, 0.3) is 0 Å². The number of rotatable bonds is 12. The average Bonchev–Trinajstić information content (AvgIpc) is 3.53. The first-order chi connectivity index (χ1) is 29.3. The monoisotopic (exact) mass is 879 g/mol. The highest BCUT2D eigenvalue weighted by atomic mass is 16.8. The fraction of sp³-hybridized carbons (Fsp3) is 0.872. The van der Waals surface area contributed by atoms with E-state index in [-0.39, 0.29) is 41.2 Å². The number of carbonyl (C=O) groups is 2. The van der Waals surface area contributed by atoms with Gasteiger partial charge in [-0.05, 0) is 104 Å². The molecule has 0 spiro atoms. The normalized spacial score (nSPS) is 49.6. The Hall–Kier alpha value is -1.86. The molecule has 15 nitrogen and oxygen atoms in total. The van der Waals surface area contributed by atoms with Crippen LogP contribution in [0, 0.1) is 28.6 Å². The average molecular weight is 879 g/mol. The van der Waals surface area contributed by atoms with E-state index in [9.17, 15) is 24.9 Å². The molecule has 6 unspecified atom stereocenters. The Morgan fingerprint density at radius 1 is 0.774 bits per heavy atom. The molecule has 0 aromatic carbocycles. The lowest BCUT2D eigenvalue weighted by Gasteiger charge is -2.63. The number of carbonyl (C=O) groups excluding carboxylic acids is 2. The summed E-state index contributed by atoms with van der Waals surface area (Å²) in [5.41, 5.74) is -0.439. The third-order valence-electron chi connectivity index (χ3n) is 16.6. The molecule has 4 aliphatic carbocycles. The third kappa shape index (κ3) is 8.42. The molecular weight excluding hydrogens is 805 g/mol. The van der Waals surface area contributed by atoms with E-state index in [1.54, 1.807) is 41.1 Å². The van der Waals surface area contributed by atoms with E-state index in [1.165, 1.54) is 12.7 Å². The summed E-state index contributed by atoms with van der Waals surface area (Å²) in [6.45, 7) is 15.0. The van der Waals surface area contributed by atoms with Crippen molar-refractivity contribution in [2.75, 3.05) is 21.3 Å². The molecular formula is C47H74O15. The molecule has 352 valence electrons. The molecule has 3 heterocycles. The van der Waals surface area contributed by atoms with Gasteiger partial charge in [0.15, 0.2) is 18.9 Å². The van der Waals surface area contributed by atoms with E-state index in [2.05, 4.69) is 13.0 Å². The minimum absolute atomic E-state index is 0.0391. The first-order valence-electron chi connectivity index (χ1n) is 23.0. The number of fused-ring (bicyclic) bond motifs is 5. The lowest BCUT2D eigenvalue weighted by atomic mass is 9.45. The standard InChI is InChI=1S/C47H74O15/c1-12-23(2)43(51)60-35-20-32-31(47(52)18-16-30(24(3)48)46(35,47)8)14-13-28-19-29(15-17-45(28,32)7)59-36-21-33(53-9)40(26(5)56-36)61-37-22-34(54-10)41(27(6)57-37)62-44-39(50)42(55-11)38(49)25(4)58-44/h12-13,25-27,29-42,44,49-50,52H,14-22H2,1-11H3/t25?,26?,27?,29-,30+,31?,32?,33+,34+,35+,36-,37-,38+,39?,40+,41+,42-,44-,45-,46-,47-/m0/s1. The summed E-state index contributed by atoms with van der Waals surface area (Å²) in [4.78, 5) is 26.4. The Morgan fingerprint density at radius 3 is 2.00 bits per heavy atom. The number of aliphatic hydroxyl groups excluding tert-OH is 2. The van der Waals surface area contributed by atoms with Gasteiger partial charge in [-0.15, -0.1) is 0 Å². The summed E-state index contributed by atoms with van der Waals surface area (Å²) in [5, 5.41) is 34.1. The van der Waals surface area contributed by atoms with Crippen molar-refractivity contribution < 1.29 is 72.3 Å². The summed E-state index contributed by atoms with van der Waals surface area (Å²) >= 11 is 0. The van der Waals surface area contributed by atoms with Crippen molar-refractivity contribution in [3.8, 4) is 0 Å². The maximum Gasteiger partial charge on any atom is 0.333 e. The molecule has 21 atom stereocenters. The Kier molecular flexibility index (Phi) is 14.6. The molecule has 7 rings (SSSR count). The zero-order valence-corrected chi connectivity index (χ0v) is 38.7. The molecule has 3 saturated heterocycles. The zero-order valence-electron chi connectivity index (χ0n) is 38.7. The van der Waals surface area contributed by atoms with Gasteiger partial charge in [0.1, 0.15) is 42.4 Å². The molecule has 0 aromatic heterocycles. The van der Waals surface area contributed by atoms with Gasteiger partial charge in [-0.1, -0.05) is 31.6 Å². The largest absolute Gasteiger partial charge is 0.458 e. The summed E-state index contributed by atoms with van der Waals surface area (Å²) < 4.78 is 61.8. The Morgan fingerprint density at radius 2 is 1.40 bits per heavy atom. The maximum atomic E-state index is 13.3. The molecule has 15 heteroatoms. The van der Waals surface area contributed by atoms with Crippen LogP contribution in [0.15, 0.2) is 23.3 Å². The van der Waals surface area contributed by atoms with Gasteiger partial charge in [-0.2, -0.15) is 0 Å². The fourth-order valence-electron chi connectivity index (χ4n) is 12.8. The van der Waals surface area contributed by atoms with Crippen LogP contribution in [0.3, 0.4) is 0 Å². The molecule has 0 bridgehead atoms. The first kappa shape index (κ1) is 48.1. The van der Waals surface area contributed by atoms with Crippen molar-refractivity contribution in [3.05, 3.63) is 23.3 Å². The predicted molar refractivity (Wildman–Crippen MR) is 223 cm³/mol. The third-order valence-corrected chi connectivity index (χ3v) is 16.6. The van der Waals surface area contributed by atoms with E-state index >= 15 is 0 Å². The quantitative estimate of drug-likeness (QED) is 0.139. The number of hydrogen-bond donors (Lipinski definition) is 3. The number of Topliss-reactive ketones (excluding diaryl/α,β-unsaturated/α-hetero) is 1. The zero-order chi connectivity index (χ0) is 45.1. The first-order valence-corrected chi connectivity index (χ1v) is 23.0. The molecule has 7 aliphatic rings. The van der Waals surface area contributed by atoms with Crippen LogP contribution in [0.4, 0.5) is 0 Å². The van der Waals surface area contributed by atoms with Crippen LogP contribution < -0.4 is 0 Å². The van der Waals surface area contributed by atoms with Crippen molar-refractivity contribution in [1.29, 1.82) is 0 Å². The summed E-state index contributed by atoms with van der Waals surface area (Å²) in [6.07, 6.45) is 0.173. The van der Waals surface area contributed by atoms with Gasteiger partial charge in [-0.25, -0.2) is 4.79 Å². The van der Waals surface area contributed by atoms with Crippen LogP contribution in [0.5, 0.6) is 0 Å². The Bertz CT molecular complexity index is 1670. The van der Waals surface area contributed by atoms with Crippen molar-refractivity contribution in [3.63, 3.8) is 0 Å². The number of aliphatic hydroxyl groups is 3. The van der Waals surface area contributed by atoms with Gasteiger partial charge in [0.2, 0.25) is 0 Å². The minimum atomic E-state index is -1.22. The van der Waals surface area contributed by atoms with Crippen molar-refractivity contribution >= 4 is 11.8 Å². The van der Waals surface area contributed by atoms with Gasteiger partial charge in [0.25, 0.3) is 0 Å². The van der Waals surface area contributed by atoms with Gasteiger partial charge in [0.05, 0.1) is 42.2 Å². The number of ether oxygens (including phenoxy) is 10. The molecule has 3 N–H and O–H groups in total. The van der Waals surface area contributed by atoms with Crippen LogP contribution in [0.1, 0.15) is 113 Å². The minimum Gasteiger partial charge on any atom is -0.458 e.